The molecule has 22 nitrogen and oxygen atoms in total. The second-order valence-corrected chi connectivity index (χ2v) is 17.3. The summed E-state index contributed by atoms with van der Waals surface area (Å²) < 4.78 is 0. The predicted molar refractivity (Wildman–Crippen MR) is 242 cm³/mol. The lowest BCUT2D eigenvalue weighted by Crippen LogP contribution is -2.44. The van der Waals surface area contributed by atoms with Crippen LogP contribution >= 0.6 is 0 Å². The van der Waals surface area contributed by atoms with Gasteiger partial charge >= 0.3 is 0 Å². The van der Waals surface area contributed by atoms with Crippen LogP contribution in [0.25, 0.3) is 0 Å². The molecule has 4 N–H and O–H groups in total. The molecule has 0 saturated carbocycles. The number of nitrogens with zero attached hydrogens (tertiary/aromatic N) is 4. The monoisotopic (exact) mass is 954 g/mol. The smallest absolute Gasteiger partial charge is 0.253 e. The van der Waals surface area contributed by atoms with Gasteiger partial charge < -0.3 is 31.1 Å². The molecule has 0 radical (unpaired) electrons. The van der Waals surface area contributed by atoms with Gasteiger partial charge in [-0.05, 0) is 40.5 Å². The van der Waals surface area contributed by atoms with E-state index in [2.05, 4.69) is 21.3 Å². The van der Waals surface area contributed by atoms with Gasteiger partial charge in [0, 0.05) is 128 Å². The van der Waals surface area contributed by atoms with Crippen LogP contribution < -0.4 is 21.3 Å². The Labute approximate surface area is 395 Å². The molecule has 2 aliphatic heterocycles. The van der Waals surface area contributed by atoms with E-state index in [1.165, 1.54) is 51.3 Å². The first kappa shape index (κ1) is 57.4. The number of ketones is 4. The minimum absolute atomic E-state index is 0.00351. The largest absolute Gasteiger partial charge is 0.347 e. The second-order valence-electron chi connectivity index (χ2n) is 17.3. The lowest BCUT2D eigenvalue weighted by Gasteiger charge is -2.23. The molecule has 22 heteroatoms. The van der Waals surface area contributed by atoms with Crippen LogP contribution in [0.3, 0.4) is 0 Å². The van der Waals surface area contributed by atoms with Crippen molar-refractivity contribution in [2.24, 2.45) is 11.8 Å². The lowest BCUT2D eigenvalue weighted by atomic mass is 9.99. The summed E-state index contributed by atoms with van der Waals surface area (Å²) in [5.74, 6) is -7.97. The van der Waals surface area contributed by atoms with Crippen molar-refractivity contribution in [2.45, 2.75) is 130 Å². The fourth-order valence-electron chi connectivity index (χ4n) is 6.72. The molecule has 2 aliphatic rings. The minimum Gasteiger partial charge on any atom is -0.347 e. The first-order valence-electron chi connectivity index (χ1n) is 22.7. The fourth-order valence-corrected chi connectivity index (χ4v) is 6.72. The van der Waals surface area contributed by atoms with Crippen LogP contribution in [-0.2, 0) is 67.1 Å². The highest BCUT2D eigenvalue weighted by atomic mass is 16.2. The number of carbonyl (C=O) groups excluding carboxylic acids is 14. The highest BCUT2D eigenvalue weighted by Crippen LogP contribution is 2.12. The third-order valence-corrected chi connectivity index (χ3v) is 11.5. The van der Waals surface area contributed by atoms with Crippen molar-refractivity contribution in [3.63, 3.8) is 0 Å². The Balaban J connectivity index is 1.61. The third-order valence-electron chi connectivity index (χ3n) is 11.5. The minimum atomic E-state index is -0.940. The van der Waals surface area contributed by atoms with Gasteiger partial charge in [0.15, 0.2) is 23.1 Å². The van der Waals surface area contributed by atoms with Gasteiger partial charge in [0.2, 0.25) is 35.4 Å². The molecule has 6 atom stereocenters. The predicted octanol–water partition coefficient (Wildman–Crippen LogP) is -0.778. The van der Waals surface area contributed by atoms with Gasteiger partial charge in [-0.25, -0.2) is 0 Å². The Kier molecular flexibility index (Phi) is 23.5. The summed E-state index contributed by atoms with van der Waals surface area (Å²) in [6.07, 6.45) is 4.03. The third kappa shape index (κ3) is 19.2. The van der Waals surface area contributed by atoms with Crippen LogP contribution in [0.15, 0.2) is 24.3 Å². The van der Waals surface area contributed by atoms with Gasteiger partial charge in [-0.3, -0.25) is 76.9 Å². The molecule has 0 spiro atoms. The van der Waals surface area contributed by atoms with Gasteiger partial charge in [-0.2, -0.15) is 0 Å². The van der Waals surface area contributed by atoms with E-state index in [0.29, 0.717) is 0 Å². The Bertz CT molecular complexity index is 1870. The molecule has 2 rings (SSSR count). The lowest BCUT2D eigenvalue weighted by molar-refractivity contribution is -0.139. The molecule has 0 aliphatic carbocycles. The number of carbonyl (C=O) groups is 14. The molecule has 0 saturated heterocycles. The molecular formula is C46H66N8O14. The number of likely N-dealkylation sites (N-methyl/N-ethyl adjacent to an activating group) is 2. The maximum atomic E-state index is 12.8. The molecule has 68 heavy (non-hydrogen) atoms. The molecule has 10 amide bonds. The molecule has 0 fully saturated rings. The molecule has 0 aromatic rings. The van der Waals surface area contributed by atoms with Gasteiger partial charge in [0.05, 0.1) is 24.2 Å². The molecule has 2 heterocycles. The van der Waals surface area contributed by atoms with Gasteiger partial charge in [-0.1, -0.05) is 13.8 Å². The number of Topliss-reactive ketones (excluding diaryl/α,β-unsaturated/α-hetero) is 4. The zero-order chi connectivity index (χ0) is 51.4. The second kappa shape index (κ2) is 27.8. The van der Waals surface area contributed by atoms with Crippen LogP contribution in [0.1, 0.15) is 106 Å². The number of hydrogen-bond acceptors (Lipinski definition) is 14. The van der Waals surface area contributed by atoms with Crippen molar-refractivity contribution < 1.29 is 67.1 Å². The first-order valence-corrected chi connectivity index (χ1v) is 22.7. The van der Waals surface area contributed by atoms with Gasteiger partial charge in [-0.15, -0.1) is 0 Å². The van der Waals surface area contributed by atoms with Crippen molar-refractivity contribution >= 4 is 82.2 Å². The molecule has 374 valence electrons. The van der Waals surface area contributed by atoms with E-state index < -0.39 is 94.8 Å². The number of nitrogens with one attached hydrogen (secondary N) is 4. The maximum absolute atomic E-state index is 12.8. The van der Waals surface area contributed by atoms with E-state index in [9.17, 15) is 67.1 Å². The van der Waals surface area contributed by atoms with E-state index in [0.717, 1.165) is 34.1 Å². The molecule has 6 unspecified atom stereocenters. The molecule has 0 aromatic heterocycles. The van der Waals surface area contributed by atoms with Crippen LogP contribution in [0.4, 0.5) is 0 Å². The van der Waals surface area contributed by atoms with Crippen LogP contribution in [0.2, 0.25) is 0 Å². The maximum Gasteiger partial charge on any atom is 0.253 e. The highest BCUT2D eigenvalue weighted by molar-refractivity contribution is 6.13. The van der Waals surface area contributed by atoms with Gasteiger partial charge in [0.25, 0.3) is 23.6 Å². The van der Waals surface area contributed by atoms with Crippen molar-refractivity contribution in [3.8, 4) is 0 Å². The van der Waals surface area contributed by atoms with E-state index in [4.69, 9.17) is 0 Å². The van der Waals surface area contributed by atoms with Crippen molar-refractivity contribution in [1.29, 1.82) is 0 Å². The Hall–Kier alpha value is -6.74. The van der Waals surface area contributed by atoms with Crippen molar-refractivity contribution in [1.82, 2.24) is 40.9 Å². The Morgan fingerprint density at radius 3 is 1.04 bits per heavy atom. The SMILES string of the molecule is CC(CC(=O)C(C)NC(=O)CCN1C(=O)C=CC1=O)C(=O)NC(C)C(=O)CCCC(=O)N(C)CCN(C)C(=O)CCCC(=O)C(C)NC(=O)C(C)CC(=O)C(C)NC(=O)CCN1C(=O)C=CC1=O. The summed E-state index contributed by atoms with van der Waals surface area (Å²) in [5, 5.41) is 10.2. The van der Waals surface area contributed by atoms with Gasteiger partial charge in [0.1, 0.15) is 0 Å². The normalized spacial score (nSPS) is 15.8. The quantitative estimate of drug-likeness (QED) is 0.0621. The standard InChI is InChI=1S/C46H66N8O14/c1-27(25-35(57)31(5)47-37(59)19-21-53-41(63)15-16-42(53)64)45(67)49-29(3)33(55)11-9-13-39(61)51(7)23-24-52(8)40(62)14-10-12-34(56)30(4)50-46(68)28(2)26-36(58)32(6)48-38(60)20-22-54-43(65)17-18-44(54)66/h15-18,27-32H,9-14,19-26H2,1-8H3,(H,47,59)(H,48,60)(H,49,67)(H,50,68). The van der Waals surface area contributed by atoms with E-state index in [-0.39, 0.29) is 114 Å². The summed E-state index contributed by atoms with van der Waals surface area (Å²) in [5.41, 5.74) is 0. The summed E-state index contributed by atoms with van der Waals surface area (Å²) in [7, 11) is 3.12. The number of amides is 10. The summed E-state index contributed by atoms with van der Waals surface area (Å²) in [4.78, 5) is 178. The molecule has 0 aromatic carbocycles. The zero-order valence-corrected chi connectivity index (χ0v) is 40.2. The van der Waals surface area contributed by atoms with E-state index in [1.54, 1.807) is 14.1 Å². The average Bonchev–Trinajstić information content (AvgIpc) is 3.78. The first-order chi connectivity index (χ1) is 31.8. The van der Waals surface area contributed by atoms with E-state index >= 15 is 0 Å². The summed E-state index contributed by atoms with van der Waals surface area (Å²) >= 11 is 0. The highest BCUT2D eigenvalue weighted by Gasteiger charge is 2.29. The molecule has 0 bridgehead atoms. The van der Waals surface area contributed by atoms with E-state index in [1.807, 2.05) is 0 Å². The zero-order valence-electron chi connectivity index (χ0n) is 40.2. The number of imide groups is 2. The Morgan fingerprint density at radius 1 is 0.441 bits per heavy atom. The van der Waals surface area contributed by atoms with Crippen LogP contribution in [-0.4, -0.2) is 166 Å². The van der Waals surface area contributed by atoms with Crippen molar-refractivity contribution in [2.75, 3.05) is 40.3 Å². The number of hydrogen-bond donors (Lipinski definition) is 4. The summed E-state index contributed by atoms with van der Waals surface area (Å²) in [6, 6.07) is -3.66. The average molecular weight is 955 g/mol. The fraction of sp³-hybridized carbons (Fsp3) is 0.609. The Morgan fingerprint density at radius 2 is 0.735 bits per heavy atom. The van der Waals surface area contributed by atoms with Crippen molar-refractivity contribution in [3.05, 3.63) is 24.3 Å². The number of rotatable bonds is 31. The van der Waals surface area contributed by atoms with Crippen LogP contribution in [0.5, 0.6) is 0 Å². The van der Waals surface area contributed by atoms with Crippen LogP contribution in [0, 0.1) is 11.8 Å². The molecular weight excluding hydrogens is 889 g/mol. The summed E-state index contributed by atoms with van der Waals surface area (Å²) in [6.45, 7) is 9.02. The topological polar surface area (TPSA) is 300 Å².